The van der Waals surface area contributed by atoms with E-state index in [1.165, 1.54) is 0 Å². The molecule has 6 nitrogen and oxygen atoms in total. The number of nitrogens with two attached hydrogens (primary N) is 1. The van der Waals surface area contributed by atoms with E-state index >= 15 is 0 Å². The summed E-state index contributed by atoms with van der Waals surface area (Å²) in [6.07, 6.45) is -1.75. The lowest BCUT2D eigenvalue weighted by molar-refractivity contribution is -0.143. The van der Waals surface area contributed by atoms with Gasteiger partial charge in [0.05, 0.1) is 6.10 Å². The van der Waals surface area contributed by atoms with E-state index in [0.29, 0.717) is 0 Å². The highest BCUT2D eigenvalue weighted by Crippen LogP contribution is 2.00. The van der Waals surface area contributed by atoms with E-state index < -0.39 is 24.1 Å². The zero-order valence-corrected chi connectivity index (χ0v) is 6.30. The van der Waals surface area contributed by atoms with Crippen LogP contribution in [0.3, 0.4) is 0 Å². The lowest BCUT2D eigenvalue weighted by Gasteiger charge is -2.12. The Bertz CT molecular complexity index is 181. The molecule has 70 valence electrons. The molecule has 12 heavy (non-hydrogen) atoms. The van der Waals surface area contributed by atoms with E-state index in [1.807, 2.05) is 0 Å². The molecule has 2 atom stereocenters. The van der Waals surface area contributed by atoms with Gasteiger partial charge >= 0.3 is 11.9 Å². The van der Waals surface area contributed by atoms with Crippen molar-refractivity contribution in [2.45, 2.75) is 25.0 Å². The molecule has 6 heteroatoms. The summed E-state index contributed by atoms with van der Waals surface area (Å²) in [6.45, 7) is 0. The Morgan fingerprint density at radius 3 is 2.17 bits per heavy atom. The van der Waals surface area contributed by atoms with Crippen molar-refractivity contribution in [1.82, 2.24) is 0 Å². The third kappa shape index (κ3) is 3.89. The van der Waals surface area contributed by atoms with Crippen LogP contribution in [0.5, 0.6) is 0 Å². The quantitative estimate of drug-likeness (QED) is 0.411. The second-order valence-corrected chi connectivity index (χ2v) is 2.36. The fourth-order valence-corrected chi connectivity index (χ4v) is 0.615. The maximum atomic E-state index is 10.2. The predicted octanol–water partition coefficient (Wildman–Crippen LogP) is -1.38. The van der Waals surface area contributed by atoms with Crippen LogP contribution >= 0.6 is 0 Å². The molecule has 0 unspecified atom stereocenters. The average Bonchev–Trinajstić information content (AvgIpc) is 1.98. The molecule has 0 heterocycles. The highest BCUT2D eigenvalue weighted by molar-refractivity contribution is 5.74. The van der Waals surface area contributed by atoms with E-state index in [0.717, 1.165) is 0 Å². The van der Waals surface area contributed by atoms with Crippen LogP contribution in [0.2, 0.25) is 0 Å². The third-order valence-electron chi connectivity index (χ3n) is 1.35. The van der Waals surface area contributed by atoms with Crippen molar-refractivity contribution < 1.29 is 24.9 Å². The summed E-state index contributed by atoms with van der Waals surface area (Å²) in [5.74, 6) is -2.43. The van der Waals surface area contributed by atoms with Crippen LogP contribution in [-0.2, 0) is 9.59 Å². The molecule has 0 aliphatic carbocycles. The van der Waals surface area contributed by atoms with E-state index in [2.05, 4.69) is 0 Å². The van der Waals surface area contributed by atoms with Crippen molar-refractivity contribution >= 4 is 11.9 Å². The summed E-state index contributed by atoms with van der Waals surface area (Å²) >= 11 is 0. The highest BCUT2D eigenvalue weighted by Gasteiger charge is 2.22. The Morgan fingerprint density at radius 1 is 1.33 bits per heavy atom. The molecule has 0 aromatic rings. The number of carboxylic acids is 2. The van der Waals surface area contributed by atoms with Crippen LogP contribution in [0.25, 0.3) is 0 Å². The molecular formula is C6H11NO5. The number of carbonyl (C=O) groups is 2. The average molecular weight is 177 g/mol. The Labute approximate surface area is 68.6 Å². The first kappa shape index (κ1) is 10.9. The van der Waals surface area contributed by atoms with Gasteiger partial charge in [-0.3, -0.25) is 9.59 Å². The number of hydrogen-bond acceptors (Lipinski definition) is 4. The lowest BCUT2D eigenvalue weighted by Crippen LogP contribution is -2.41. The van der Waals surface area contributed by atoms with Gasteiger partial charge in [-0.15, -0.1) is 0 Å². The molecule has 0 saturated heterocycles. The molecule has 0 aliphatic heterocycles. The number of hydrogen-bond donors (Lipinski definition) is 4. The minimum absolute atomic E-state index is 0.150. The van der Waals surface area contributed by atoms with Crippen LogP contribution < -0.4 is 5.73 Å². The number of aliphatic hydroxyl groups is 1. The molecule has 0 spiro atoms. The summed E-state index contributed by atoms with van der Waals surface area (Å²) in [5.41, 5.74) is 5.00. The summed E-state index contributed by atoms with van der Waals surface area (Å²) < 4.78 is 0. The van der Waals surface area contributed by atoms with E-state index in [4.69, 9.17) is 21.1 Å². The van der Waals surface area contributed by atoms with Crippen LogP contribution in [0.15, 0.2) is 0 Å². The van der Waals surface area contributed by atoms with Crippen molar-refractivity contribution in [2.24, 2.45) is 5.73 Å². The number of rotatable bonds is 5. The van der Waals surface area contributed by atoms with Gasteiger partial charge in [0.25, 0.3) is 0 Å². The summed E-state index contributed by atoms with van der Waals surface area (Å²) in [5, 5.41) is 25.4. The fourth-order valence-electron chi connectivity index (χ4n) is 0.615. The van der Waals surface area contributed by atoms with Gasteiger partial charge in [0.15, 0.2) is 0 Å². The standard InChI is InChI=1S/C6H11NO5/c7-5(6(11)12)3(8)1-2-4(9)10/h3,5,8H,1-2,7H2,(H,9,10)(H,11,12)/t3-,5+/m1/s1. The van der Waals surface area contributed by atoms with Gasteiger partial charge in [0.1, 0.15) is 6.04 Å². The molecule has 0 amide bonds. The van der Waals surface area contributed by atoms with Crippen LogP contribution in [0, 0.1) is 0 Å². The van der Waals surface area contributed by atoms with Gasteiger partial charge in [-0.1, -0.05) is 0 Å². The van der Waals surface area contributed by atoms with Crippen LogP contribution in [0.4, 0.5) is 0 Å². The van der Waals surface area contributed by atoms with Gasteiger partial charge in [0, 0.05) is 6.42 Å². The smallest absolute Gasteiger partial charge is 0.323 e. The summed E-state index contributed by atoms with van der Waals surface area (Å²) in [4.78, 5) is 20.1. The monoisotopic (exact) mass is 177 g/mol. The topological polar surface area (TPSA) is 121 Å². The molecule has 0 aliphatic rings. The van der Waals surface area contributed by atoms with Crippen molar-refractivity contribution in [3.63, 3.8) is 0 Å². The first-order valence-corrected chi connectivity index (χ1v) is 3.33. The van der Waals surface area contributed by atoms with Crippen molar-refractivity contribution in [2.75, 3.05) is 0 Å². The van der Waals surface area contributed by atoms with E-state index in [1.54, 1.807) is 0 Å². The summed E-state index contributed by atoms with van der Waals surface area (Å²) in [6, 6.07) is -1.41. The Balaban J connectivity index is 3.79. The largest absolute Gasteiger partial charge is 0.481 e. The van der Waals surface area contributed by atoms with Gasteiger partial charge < -0.3 is 21.1 Å². The van der Waals surface area contributed by atoms with Gasteiger partial charge in [-0.25, -0.2) is 0 Å². The highest BCUT2D eigenvalue weighted by atomic mass is 16.4. The molecule has 0 saturated carbocycles. The number of carboxylic acid groups (broad SMARTS) is 2. The second-order valence-electron chi connectivity index (χ2n) is 2.36. The lowest BCUT2D eigenvalue weighted by atomic mass is 10.1. The van der Waals surface area contributed by atoms with Gasteiger partial charge in [0.2, 0.25) is 0 Å². The fraction of sp³-hybridized carbons (Fsp3) is 0.667. The minimum atomic E-state index is -1.41. The Kier molecular flexibility index (Phi) is 4.24. The maximum absolute atomic E-state index is 10.2. The van der Waals surface area contributed by atoms with Crippen molar-refractivity contribution in [3.8, 4) is 0 Å². The predicted molar refractivity (Wildman–Crippen MR) is 38.5 cm³/mol. The SMILES string of the molecule is N[C@H](C(=O)O)[C@H](O)CCC(=O)O. The molecule has 0 aromatic carbocycles. The molecule has 0 bridgehead atoms. The molecule has 0 fully saturated rings. The van der Waals surface area contributed by atoms with Gasteiger partial charge in [-0.05, 0) is 6.42 Å². The molecule has 5 N–H and O–H groups in total. The molecule has 0 rings (SSSR count). The zero-order chi connectivity index (χ0) is 9.72. The number of aliphatic hydroxyl groups excluding tert-OH is 1. The minimum Gasteiger partial charge on any atom is -0.481 e. The first-order valence-electron chi connectivity index (χ1n) is 3.33. The number of aliphatic carboxylic acids is 2. The second kappa shape index (κ2) is 4.68. The molecular weight excluding hydrogens is 166 g/mol. The molecule has 0 aromatic heterocycles. The molecule has 0 radical (unpaired) electrons. The Hall–Kier alpha value is -1.14. The van der Waals surface area contributed by atoms with Crippen LogP contribution in [-0.4, -0.2) is 39.4 Å². The van der Waals surface area contributed by atoms with E-state index in [9.17, 15) is 9.59 Å². The summed E-state index contributed by atoms with van der Waals surface area (Å²) in [7, 11) is 0. The van der Waals surface area contributed by atoms with Gasteiger partial charge in [-0.2, -0.15) is 0 Å². The van der Waals surface area contributed by atoms with E-state index in [-0.39, 0.29) is 12.8 Å². The van der Waals surface area contributed by atoms with Crippen molar-refractivity contribution in [3.05, 3.63) is 0 Å². The maximum Gasteiger partial charge on any atom is 0.323 e. The van der Waals surface area contributed by atoms with Crippen molar-refractivity contribution in [1.29, 1.82) is 0 Å². The Morgan fingerprint density at radius 2 is 1.83 bits per heavy atom. The van der Waals surface area contributed by atoms with Crippen LogP contribution in [0.1, 0.15) is 12.8 Å². The normalized spacial score (nSPS) is 15.2. The third-order valence-corrected chi connectivity index (χ3v) is 1.35. The first-order chi connectivity index (χ1) is 5.45. The zero-order valence-electron chi connectivity index (χ0n) is 6.30.